The fraction of sp³-hybridized carbons (Fsp3) is 0.286. The minimum absolute atomic E-state index is 0.239. The highest BCUT2D eigenvalue weighted by Crippen LogP contribution is 2.31. The summed E-state index contributed by atoms with van der Waals surface area (Å²) < 4.78 is 5.53. The molecule has 1 heterocycles. The number of ether oxygens (including phenoxy) is 1. The molecule has 1 aliphatic heterocycles. The Morgan fingerprint density at radius 2 is 1.93 bits per heavy atom. The summed E-state index contributed by atoms with van der Waals surface area (Å²) in [4.78, 5) is 36.6. The van der Waals surface area contributed by atoms with Gasteiger partial charge in [-0.25, -0.2) is 4.79 Å². The zero-order valence-corrected chi connectivity index (χ0v) is 15.3. The van der Waals surface area contributed by atoms with Crippen LogP contribution in [0, 0.1) is 0 Å². The molecule has 2 N–H and O–H groups in total. The highest BCUT2D eigenvalue weighted by atomic mass is 16.5. The predicted molar refractivity (Wildman–Crippen MR) is 100 cm³/mol. The molecular formula is C21H22N2O4. The van der Waals surface area contributed by atoms with Crippen molar-refractivity contribution < 1.29 is 19.1 Å². The van der Waals surface area contributed by atoms with Crippen molar-refractivity contribution in [3.63, 3.8) is 0 Å². The predicted octanol–water partition coefficient (Wildman–Crippen LogP) is 2.40. The van der Waals surface area contributed by atoms with Gasteiger partial charge in [-0.05, 0) is 43.2 Å². The SMILES string of the molecule is CCNC(=O)[C@H](C)NC(=O)c1ccc2c(c1)C[C@@H](c1ccccc1)OC2=O. The van der Waals surface area contributed by atoms with Crippen molar-refractivity contribution in [2.75, 3.05) is 6.54 Å². The second-order valence-electron chi connectivity index (χ2n) is 6.47. The van der Waals surface area contributed by atoms with Gasteiger partial charge >= 0.3 is 5.97 Å². The van der Waals surface area contributed by atoms with Crippen LogP contribution < -0.4 is 10.6 Å². The van der Waals surface area contributed by atoms with Crippen LogP contribution in [0.3, 0.4) is 0 Å². The van der Waals surface area contributed by atoms with E-state index in [1.165, 1.54) is 0 Å². The Balaban J connectivity index is 1.79. The second kappa shape index (κ2) is 8.03. The number of fused-ring (bicyclic) bond motifs is 1. The molecule has 2 aromatic carbocycles. The number of rotatable bonds is 5. The van der Waals surface area contributed by atoms with Gasteiger partial charge in [0.2, 0.25) is 5.91 Å². The highest BCUT2D eigenvalue weighted by molar-refractivity contribution is 5.99. The second-order valence-corrected chi connectivity index (χ2v) is 6.47. The standard InChI is InChI=1S/C21H22N2O4/c1-3-22-19(24)13(2)23-20(25)15-9-10-17-16(11-15)12-18(27-21(17)26)14-7-5-4-6-8-14/h4-11,13,18H,3,12H2,1-2H3,(H,22,24)(H,23,25)/t13-,18-/m0/s1. The van der Waals surface area contributed by atoms with Gasteiger partial charge in [0.05, 0.1) is 5.56 Å². The molecular weight excluding hydrogens is 344 g/mol. The first kappa shape index (κ1) is 18.6. The van der Waals surface area contributed by atoms with Crippen molar-refractivity contribution in [3.8, 4) is 0 Å². The first-order valence-corrected chi connectivity index (χ1v) is 8.97. The summed E-state index contributed by atoms with van der Waals surface area (Å²) in [5.41, 5.74) is 2.55. The van der Waals surface area contributed by atoms with E-state index in [1.54, 1.807) is 25.1 Å². The van der Waals surface area contributed by atoms with Crippen molar-refractivity contribution in [2.24, 2.45) is 0 Å². The van der Waals surface area contributed by atoms with E-state index in [1.807, 2.05) is 37.3 Å². The summed E-state index contributed by atoms with van der Waals surface area (Å²) in [5.74, 6) is -0.990. The van der Waals surface area contributed by atoms with Crippen molar-refractivity contribution >= 4 is 17.8 Å². The third kappa shape index (κ3) is 4.16. The molecule has 6 nitrogen and oxygen atoms in total. The number of hydrogen-bond donors (Lipinski definition) is 2. The molecule has 0 unspecified atom stereocenters. The lowest BCUT2D eigenvalue weighted by atomic mass is 9.93. The maximum Gasteiger partial charge on any atom is 0.339 e. The molecule has 0 saturated carbocycles. The van der Waals surface area contributed by atoms with Crippen molar-refractivity contribution in [2.45, 2.75) is 32.4 Å². The minimum Gasteiger partial charge on any atom is -0.454 e. The number of amides is 2. The van der Waals surface area contributed by atoms with Crippen LogP contribution in [0.2, 0.25) is 0 Å². The number of esters is 1. The lowest BCUT2D eigenvalue weighted by Gasteiger charge is -2.25. The van der Waals surface area contributed by atoms with Gasteiger partial charge in [0.1, 0.15) is 12.1 Å². The zero-order valence-electron chi connectivity index (χ0n) is 15.3. The van der Waals surface area contributed by atoms with Crippen LogP contribution in [0.1, 0.15) is 51.8 Å². The van der Waals surface area contributed by atoms with E-state index in [4.69, 9.17) is 4.74 Å². The maximum atomic E-state index is 12.5. The molecule has 2 atom stereocenters. The summed E-state index contributed by atoms with van der Waals surface area (Å²) in [6, 6.07) is 13.7. The van der Waals surface area contributed by atoms with E-state index in [0.717, 1.165) is 11.1 Å². The van der Waals surface area contributed by atoms with E-state index >= 15 is 0 Å². The first-order valence-electron chi connectivity index (χ1n) is 8.97. The van der Waals surface area contributed by atoms with E-state index in [-0.39, 0.29) is 17.9 Å². The van der Waals surface area contributed by atoms with E-state index in [0.29, 0.717) is 24.1 Å². The summed E-state index contributed by atoms with van der Waals surface area (Å²) >= 11 is 0. The van der Waals surface area contributed by atoms with Crippen molar-refractivity contribution in [1.82, 2.24) is 10.6 Å². The number of carbonyl (C=O) groups excluding carboxylic acids is 3. The molecule has 140 valence electrons. The van der Waals surface area contributed by atoms with E-state index in [2.05, 4.69) is 10.6 Å². The molecule has 0 spiro atoms. The van der Waals surface area contributed by atoms with Gasteiger partial charge in [0.15, 0.2) is 0 Å². The Hall–Kier alpha value is -3.15. The fourth-order valence-corrected chi connectivity index (χ4v) is 3.06. The average molecular weight is 366 g/mol. The summed E-state index contributed by atoms with van der Waals surface area (Å²) in [7, 11) is 0. The van der Waals surface area contributed by atoms with Gasteiger partial charge < -0.3 is 15.4 Å². The van der Waals surface area contributed by atoms with Crippen molar-refractivity contribution in [3.05, 3.63) is 70.8 Å². The van der Waals surface area contributed by atoms with Crippen LogP contribution in [0.15, 0.2) is 48.5 Å². The molecule has 0 radical (unpaired) electrons. The Kier molecular flexibility index (Phi) is 5.54. The van der Waals surface area contributed by atoms with Gasteiger partial charge in [-0.1, -0.05) is 30.3 Å². The molecule has 0 aliphatic carbocycles. The number of cyclic esters (lactones) is 1. The fourth-order valence-electron chi connectivity index (χ4n) is 3.06. The van der Waals surface area contributed by atoms with Crippen molar-refractivity contribution in [1.29, 1.82) is 0 Å². The number of carbonyl (C=O) groups is 3. The molecule has 27 heavy (non-hydrogen) atoms. The van der Waals surface area contributed by atoms with Crippen LogP contribution in [-0.4, -0.2) is 30.4 Å². The summed E-state index contributed by atoms with van der Waals surface area (Å²) in [5, 5.41) is 5.34. The lowest BCUT2D eigenvalue weighted by Crippen LogP contribution is -2.44. The maximum absolute atomic E-state index is 12.5. The number of hydrogen-bond acceptors (Lipinski definition) is 4. The third-order valence-electron chi connectivity index (χ3n) is 4.51. The first-order chi connectivity index (χ1) is 13.0. The number of nitrogens with one attached hydrogen (secondary N) is 2. The molecule has 2 amide bonds. The normalized spacial score (nSPS) is 16.7. The van der Waals surface area contributed by atoms with Gasteiger partial charge in [-0.3, -0.25) is 9.59 Å². The zero-order chi connectivity index (χ0) is 19.4. The van der Waals surface area contributed by atoms with Crippen LogP contribution in [0.4, 0.5) is 0 Å². The van der Waals surface area contributed by atoms with Crippen LogP contribution in [0.5, 0.6) is 0 Å². The van der Waals surface area contributed by atoms with Gasteiger partial charge in [0.25, 0.3) is 5.91 Å². The summed E-state index contributed by atoms with van der Waals surface area (Å²) in [6.07, 6.45) is 0.122. The van der Waals surface area contributed by atoms with Gasteiger partial charge in [-0.15, -0.1) is 0 Å². The Bertz CT molecular complexity index is 864. The summed E-state index contributed by atoms with van der Waals surface area (Å²) in [6.45, 7) is 3.95. The molecule has 3 rings (SSSR count). The van der Waals surface area contributed by atoms with E-state index < -0.39 is 12.0 Å². The Morgan fingerprint density at radius 1 is 1.19 bits per heavy atom. The monoisotopic (exact) mass is 366 g/mol. The topological polar surface area (TPSA) is 84.5 Å². The average Bonchev–Trinajstić information content (AvgIpc) is 2.68. The molecule has 0 fully saturated rings. The largest absolute Gasteiger partial charge is 0.454 e. The van der Waals surface area contributed by atoms with E-state index in [9.17, 15) is 14.4 Å². The van der Waals surface area contributed by atoms with Gasteiger partial charge in [-0.2, -0.15) is 0 Å². The molecule has 0 bridgehead atoms. The molecule has 0 saturated heterocycles. The lowest BCUT2D eigenvalue weighted by molar-refractivity contribution is -0.122. The third-order valence-corrected chi connectivity index (χ3v) is 4.51. The number of likely N-dealkylation sites (N-methyl/N-ethyl adjacent to an activating group) is 1. The number of benzene rings is 2. The molecule has 2 aromatic rings. The quantitative estimate of drug-likeness (QED) is 0.796. The minimum atomic E-state index is -0.643. The molecule has 0 aromatic heterocycles. The molecule has 6 heteroatoms. The van der Waals surface area contributed by atoms with Crippen LogP contribution >= 0.6 is 0 Å². The highest BCUT2D eigenvalue weighted by Gasteiger charge is 2.28. The van der Waals surface area contributed by atoms with Crippen LogP contribution in [0.25, 0.3) is 0 Å². The Labute approximate surface area is 157 Å². The Morgan fingerprint density at radius 3 is 2.63 bits per heavy atom. The van der Waals surface area contributed by atoms with Gasteiger partial charge in [0, 0.05) is 18.5 Å². The van der Waals surface area contributed by atoms with Crippen LogP contribution in [-0.2, 0) is 16.0 Å². The molecule has 1 aliphatic rings. The smallest absolute Gasteiger partial charge is 0.339 e.